The van der Waals surface area contributed by atoms with Crippen molar-refractivity contribution in [1.82, 2.24) is 0 Å². The van der Waals surface area contributed by atoms with E-state index in [1.807, 2.05) is 18.2 Å². The number of β-lactam (4-membered cyclic amide) rings is 1. The number of aldehydes is 1. The minimum absolute atomic E-state index is 0.223. The molecule has 22 heavy (non-hydrogen) atoms. The van der Waals surface area contributed by atoms with Gasteiger partial charge in [-0.3, -0.25) is 9.69 Å². The molecule has 1 fully saturated rings. The maximum Gasteiger partial charge on any atom is 0.271 e. The second-order valence-electron chi connectivity index (χ2n) is 4.88. The zero-order valence-electron chi connectivity index (χ0n) is 12.0. The summed E-state index contributed by atoms with van der Waals surface area (Å²) in [5, 5.41) is 0. The highest BCUT2D eigenvalue weighted by Crippen LogP contribution is 2.30. The maximum atomic E-state index is 12.3. The summed E-state index contributed by atoms with van der Waals surface area (Å²) in [7, 11) is 1.57. The van der Waals surface area contributed by atoms with E-state index in [-0.39, 0.29) is 5.91 Å². The topological polar surface area (TPSA) is 55.8 Å². The third kappa shape index (κ3) is 2.41. The minimum Gasteiger partial charge on any atom is -0.497 e. The van der Waals surface area contributed by atoms with Crippen LogP contribution in [0.5, 0.6) is 11.5 Å². The number of amides is 1. The fourth-order valence-electron chi connectivity index (χ4n) is 2.42. The third-order valence-corrected chi connectivity index (χ3v) is 3.59. The van der Waals surface area contributed by atoms with Gasteiger partial charge in [0.05, 0.1) is 7.11 Å². The first-order valence-corrected chi connectivity index (χ1v) is 6.88. The van der Waals surface area contributed by atoms with E-state index in [1.54, 1.807) is 43.5 Å². The molecular formula is C17H15NO4. The minimum atomic E-state index is -0.786. The number of ether oxygens (including phenoxy) is 2. The van der Waals surface area contributed by atoms with Gasteiger partial charge >= 0.3 is 0 Å². The molecule has 1 aliphatic heterocycles. The van der Waals surface area contributed by atoms with Gasteiger partial charge in [-0.2, -0.15) is 0 Å². The van der Waals surface area contributed by atoms with E-state index in [0.717, 1.165) is 6.29 Å². The van der Waals surface area contributed by atoms with Gasteiger partial charge in [-0.05, 0) is 36.4 Å². The zero-order valence-corrected chi connectivity index (χ0v) is 12.0. The fourth-order valence-corrected chi connectivity index (χ4v) is 2.42. The van der Waals surface area contributed by atoms with Gasteiger partial charge in [0, 0.05) is 5.69 Å². The number of rotatable bonds is 5. The molecule has 3 rings (SSSR count). The summed E-state index contributed by atoms with van der Waals surface area (Å²) in [5.41, 5.74) is 0.694. The molecule has 1 saturated heterocycles. The first kappa shape index (κ1) is 14.1. The van der Waals surface area contributed by atoms with Gasteiger partial charge in [0.2, 0.25) is 6.10 Å². The average Bonchev–Trinajstić information content (AvgIpc) is 2.58. The van der Waals surface area contributed by atoms with Crippen molar-refractivity contribution in [2.75, 3.05) is 12.0 Å². The number of carbonyl (C=O) groups excluding carboxylic acids is 2. The van der Waals surface area contributed by atoms with Crippen LogP contribution in [0.4, 0.5) is 5.69 Å². The van der Waals surface area contributed by atoms with E-state index < -0.39 is 12.1 Å². The largest absolute Gasteiger partial charge is 0.497 e. The van der Waals surface area contributed by atoms with Crippen LogP contribution in [0.3, 0.4) is 0 Å². The van der Waals surface area contributed by atoms with Crippen LogP contribution in [0.25, 0.3) is 0 Å². The summed E-state index contributed by atoms with van der Waals surface area (Å²) >= 11 is 0. The normalized spacial score (nSPS) is 20.2. The van der Waals surface area contributed by atoms with Gasteiger partial charge < -0.3 is 14.3 Å². The number of benzene rings is 2. The van der Waals surface area contributed by atoms with Gasteiger partial charge in [-0.15, -0.1) is 0 Å². The molecular weight excluding hydrogens is 282 g/mol. The summed E-state index contributed by atoms with van der Waals surface area (Å²) in [4.78, 5) is 25.0. The molecule has 2 aromatic rings. The van der Waals surface area contributed by atoms with Crippen LogP contribution in [-0.2, 0) is 9.59 Å². The molecule has 1 amide bonds. The highest BCUT2D eigenvalue weighted by molar-refractivity contribution is 6.10. The Kier molecular flexibility index (Phi) is 3.78. The van der Waals surface area contributed by atoms with Gasteiger partial charge in [-0.25, -0.2) is 0 Å². The Morgan fingerprint density at radius 1 is 1.00 bits per heavy atom. The van der Waals surface area contributed by atoms with Crippen molar-refractivity contribution in [3.8, 4) is 11.5 Å². The number of nitrogens with zero attached hydrogens (tertiary/aromatic N) is 1. The molecule has 0 saturated carbocycles. The van der Waals surface area contributed by atoms with Crippen molar-refractivity contribution >= 4 is 17.9 Å². The summed E-state index contributed by atoms with van der Waals surface area (Å²) in [6.07, 6.45) is -0.0473. The third-order valence-electron chi connectivity index (χ3n) is 3.59. The maximum absolute atomic E-state index is 12.3. The number of anilines is 1. The zero-order chi connectivity index (χ0) is 15.5. The van der Waals surface area contributed by atoms with Crippen molar-refractivity contribution < 1.29 is 19.1 Å². The molecule has 1 heterocycles. The number of carbonyl (C=O) groups is 2. The number of hydrogen-bond acceptors (Lipinski definition) is 4. The second kappa shape index (κ2) is 5.89. The standard InChI is InChI=1S/C17H15NO4/c1-21-13-7-9-14(10-8-13)22-16-15(11-19)18(17(16)20)12-5-3-2-4-6-12/h2-11,15-16H,1H3/t15-,16-/m1/s1. The molecule has 0 N–H and O–H groups in total. The fraction of sp³-hybridized carbons (Fsp3) is 0.176. The molecule has 0 unspecified atom stereocenters. The predicted octanol–water partition coefficient (Wildman–Crippen LogP) is 2.06. The van der Waals surface area contributed by atoms with Crippen LogP contribution in [0, 0.1) is 0 Å². The van der Waals surface area contributed by atoms with Crippen LogP contribution in [-0.4, -0.2) is 31.4 Å². The number of para-hydroxylation sites is 1. The Hall–Kier alpha value is -2.82. The van der Waals surface area contributed by atoms with Crippen molar-refractivity contribution in [3.05, 3.63) is 54.6 Å². The van der Waals surface area contributed by atoms with Crippen LogP contribution in [0.1, 0.15) is 0 Å². The summed E-state index contributed by atoms with van der Waals surface area (Å²) in [6.45, 7) is 0. The van der Waals surface area contributed by atoms with Gasteiger partial charge in [0.25, 0.3) is 5.91 Å². The molecule has 2 aromatic carbocycles. The lowest BCUT2D eigenvalue weighted by Crippen LogP contribution is -2.68. The molecule has 0 aromatic heterocycles. The Labute approximate surface area is 128 Å². The van der Waals surface area contributed by atoms with E-state index in [1.165, 1.54) is 4.90 Å². The Morgan fingerprint density at radius 2 is 1.64 bits per heavy atom. The van der Waals surface area contributed by atoms with E-state index in [9.17, 15) is 9.59 Å². The van der Waals surface area contributed by atoms with Crippen LogP contribution in [0.2, 0.25) is 0 Å². The van der Waals surface area contributed by atoms with Crippen molar-refractivity contribution in [2.45, 2.75) is 12.1 Å². The van der Waals surface area contributed by atoms with Crippen LogP contribution in [0.15, 0.2) is 54.6 Å². The van der Waals surface area contributed by atoms with Gasteiger partial charge in [-0.1, -0.05) is 18.2 Å². The highest BCUT2D eigenvalue weighted by Gasteiger charge is 2.50. The molecule has 5 heteroatoms. The first-order chi connectivity index (χ1) is 10.7. The van der Waals surface area contributed by atoms with E-state index >= 15 is 0 Å². The SMILES string of the molecule is COc1ccc(O[C@H]2C(=O)N(c3ccccc3)[C@@H]2C=O)cc1. The predicted molar refractivity (Wildman–Crippen MR) is 81.2 cm³/mol. The lowest BCUT2D eigenvalue weighted by atomic mass is 9.98. The first-order valence-electron chi connectivity index (χ1n) is 6.88. The summed E-state index contributed by atoms with van der Waals surface area (Å²) < 4.78 is 10.7. The van der Waals surface area contributed by atoms with E-state index in [4.69, 9.17) is 9.47 Å². The quantitative estimate of drug-likeness (QED) is 0.626. The van der Waals surface area contributed by atoms with Crippen molar-refractivity contribution in [2.24, 2.45) is 0 Å². The van der Waals surface area contributed by atoms with Crippen LogP contribution >= 0.6 is 0 Å². The Bertz CT molecular complexity index is 669. The average molecular weight is 297 g/mol. The second-order valence-corrected chi connectivity index (χ2v) is 4.88. The van der Waals surface area contributed by atoms with E-state index in [2.05, 4.69) is 0 Å². The number of methoxy groups -OCH3 is 1. The molecule has 0 bridgehead atoms. The molecule has 5 nitrogen and oxygen atoms in total. The van der Waals surface area contributed by atoms with Crippen LogP contribution < -0.4 is 14.4 Å². The van der Waals surface area contributed by atoms with Gasteiger partial charge in [0.15, 0.2) is 0 Å². The van der Waals surface area contributed by atoms with Crippen molar-refractivity contribution in [1.29, 1.82) is 0 Å². The molecule has 112 valence electrons. The molecule has 1 aliphatic rings. The molecule has 0 aliphatic carbocycles. The molecule has 0 spiro atoms. The molecule has 2 atom stereocenters. The highest BCUT2D eigenvalue weighted by atomic mass is 16.5. The van der Waals surface area contributed by atoms with Crippen molar-refractivity contribution in [3.63, 3.8) is 0 Å². The smallest absolute Gasteiger partial charge is 0.271 e. The lowest BCUT2D eigenvalue weighted by molar-refractivity contribution is -0.138. The molecule has 0 radical (unpaired) electrons. The summed E-state index contributed by atoms with van der Waals surface area (Å²) in [5.74, 6) is 1.00. The van der Waals surface area contributed by atoms with Gasteiger partial charge in [0.1, 0.15) is 23.8 Å². The Morgan fingerprint density at radius 3 is 2.23 bits per heavy atom. The monoisotopic (exact) mass is 297 g/mol. The summed E-state index contributed by atoms with van der Waals surface area (Å²) in [6, 6.07) is 15.4. The Balaban J connectivity index is 1.75. The number of hydrogen-bond donors (Lipinski definition) is 0. The van der Waals surface area contributed by atoms with E-state index in [0.29, 0.717) is 17.2 Å². The lowest BCUT2D eigenvalue weighted by Gasteiger charge is -2.43.